The van der Waals surface area contributed by atoms with Gasteiger partial charge in [0.25, 0.3) is 0 Å². The van der Waals surface area contributed by atoms with Gasteiger partial charge in [-0.1, -0.05) is 17.7 Å². The number of carbonyl (C=O) groups is 1. The number of hydrogen-bond donors (Lipinski definition) is 1. The molecule has 7 nitrogen and oxygen atoms in total. The van der Waals surface area contributed by atoms with E-state index in [9.17, 15) is 18.7 Å². The molecule has 1 atom stereocenters. The molecule has 1 fully saturated rings. The average Bonchev–Trinajstić information content (AvgIpc) is 3.49. The SMILES string of the molecule is O=C(O)c1ccc2nc(CN3CC=C(c4cc(F)cc(COc5ccc(Cl)cc5F)c4)C3)n(C[C@@H]3CCO3)c2c1. The number of fused-ring (bicyclic) bond motifs is 1. The molecule has 40 heavy (non-hydrogen) atoms. The summed E-state index contributed by atoms with van der Waals surface area (Å²) in [6, 6.07) is 13.8. The normalized spacial score (nSPS) is 17.2. The first kappa shape index (κ1) is 26.4. The Labute approximate surface area is 234 Å². The predicted octanol–water partition coefficient (Wildman–Crippen LogP) is 5.93. The molecule has 0 unspecified atom stereocenters. The second kappa shape index (κ2) is 11.0. The quantitative estimate of drug-likeness (QED) is 0.271. The highest BCUT2D eigenvalue weighted by Crippen LogP contribution is 2.28. The van der Waals surface area contributed by atoms with E-state index in [1.165, 1.54) is 30.3 Å². The summed E-state index contributed by atoms with van der Waals surface area (Å²) in [6.07, 6.45) is 3.08. The standard InChI is InChI=1S/C30H26ClF2N3O4/c31-22-2-4-28(25(33)13-22)40-17-18-9-21(11-23(32)10-18)20-5-7-35(14-20)16-29-34-26-3-1-19(30(37)38)12-27(26)36(29)15-24-6-8-39-24/h1-5,9-13,24H,6-8,14-17H2,(H,37,38)/t24-/m0/s1. The van der Waals surface area contributed by atoms with Gasteiger partial charge in [-0.15, -0.1) is 0 Å². The summed E-state index contributed by atoms with van der Waals surface area (Å²) in [7, 11) is 0. The zero-order chi connectivity index (χ0) is 27.8. The molecule has 0 radical (unpaired) electrons. The molecule has 2 aliphatic rings. The number of aromatic carboxylic acids is 1. The molecule has 1 N–H and O–H groups in total. The number of imidazole rings is 1. The van der Waals surface area contributed by atoms with Crippen molar-refractivity contribution in [2.24, 2.45) is 0 Å². The van der Waals surface area contributed by atoms with Crippen molar-refractivity contribution in [1.29, 1.82) is 0 Å². The van der Waals surface area contributed by atoms with Crippen molar-refractivity contribution in [2.75, 3.05) is 19.7 Å². The zero-order valence-corrected chi connectivity index (χ0v) is 22.2. The van der Waals surface area contributed by atoms with E-state index in [0.29, 0.717) is 31.7 Å². The Balaban J connectivity index is 1.18. The van der Waals surface area contributed by atoms with Crippen LogP contribution in [0.4, 0.5) is 8.78 Å². The van der Waals surface area contributed by atoms with Gasteiger partial charge in [0.1, 0.15) is 18.2 Å². The van der Waals surface area contributed by atoms with E-state index in [-0.39, 0.29) is 29.0 Å². The van der Waals surface area contributed by atoms with Crippen LogP contribution < -0.4 is 4.74 Å². The van der Waals surface area contributed by atoms with E-state index in [0.717, 1.165) is 41.0 Å². The molecule has 3 heterocycles. The third-order valence-electron chi connectivity index (χ3n) is 7.23. The number of nitrogens with zero attached hydrogens (tertiary/aromatic N) is 3. The Kier molecular flexibility index (Phi) is 7.27. The highest BCUT2D eigenvalue weighted by atomic mass is 35.5. The maximum Gasteiger partial charge on any atom is 0.335 e. The molecule has 0 saturated carbocycles. The van der Waals surface area contributed by atoms with Crippen LogP contribution >= 0.6 is 11.6 Å². The molecule has 6 rings (SSSR count). The van der Waals surface area contributed by atoms with E-state index in [2.05, 4.69) is 15.5 Å². The van der Waals surface area contributed by atoms with Gasteiger partial charge in [0.2, 0.25) is 0 Å². The molecule has 4 aromatic rings. The van der Waals surface area contributed by atoms with E-state index in [4.69, 9.17) is 26.1 Å². The molecule has 10 heteroatoms. The van der Waals surface area contributed by atoms with Gasteiger partial charge in [0, 0.05) is 24.7 Å². The van der Waals surface area contributed by atoms with Crippen molar-refractivity contribution in [2.45, 2.75) is 32.2 Å². The summed E-state index contributed by atoms with van der Waals surface area (Å²) in [5.41, 5.74) is 4.00. The first-order valence-electron chi connectivity index (χ1n) is 13.0. The van der Waals surface area contributed by atoms with E-state index < -0.39 is 17.6 Å². The number of halogens is 3. The lowest BCUT2D eigenvalue weighted by molar-refractivity contribution is -0.0591. The predicted molar refractivity (Wildman–Crippen MR) is 146 cm³/mol. The van der Waals surface area contributed by atoms with Gasteiger partial charge in [-0.05, 0) is 77.7 Å². The Morgan fingerprint density at radius 3 is 2.75 bits per heavy atom. The number of carboxylic acids is 1. The summed E-state index contributed by atoms with van der Waals surface area (Å²) in [6.45, 7) is 3.10. The lowest BCUT2D eigenvalue weighted by Gasteiger charge is -2.28. The largest absolute Gasteiger partial charge is 0.486 e. The first-order valence-corrected chi connectivity index (χ1v) is 13.3. The molecule has 1 saturated heterocycles. The third kappa shape index (κ3) is 5.58. The van der Waals surface area contributed by atoms with E-state index in [1.54, 1.807) is 18.2 Å². The number of benzene rings is 3. The average molecular weight is 566 g/mol. The number of hydrogen-bond acceptors (Lipinski definition) is 5. The fourth-order valence-corrected chi connectivity index (χ4v) is 5.23. The second-order valence-electron chi connectivity index (χ2n) is 10.0. The Bertz CT molecular complexity index is 1630. The van der Waals surface area contributed by atoms with Crippen LogP contribution in [0.15, 0.2) is 60.7 Å². The van der Waals surface area contributed by atoms with Crippen molar-refractivity contribution in [1.82, 2.24) is 14.5 Å². The molecule has 0 amide bonds. The van der Waals surface area contributed by atoms with Gasteiger partial charge < -0.3 is 19.1 Å². The van der Waals surface area contributed by atoms with Gasteiger partial charge in [0.05, 0.1) is 35.8 Å². The third-order valence-corrected chi connectivity index (χ3v) is 7.46. The Hall–Kier alpha value is -3.79. The maximum absolute atomic E-state index is 14.5. The van der Waals surface area contributed by atoms with Gasteiger partial charge in [-0.2, -0.15) is 0 Å². The lowest BCUT2D eigenvalue weighted by atomic mass is 10.0. The minimum absolute atomic E-state index is 0.00585. The summed E-state index contributed by atoms with van der Waals surface area (Å²) in [5.74, 6) is -1.09. The molecule has 3 aromatic carbocycles. The molecule has 206 valence electrons. The minimum Gasteiger partial charge on any atom is -0.486 e. The van der Waals surface area contributed by atoms with Crippen LogP contribution in [0.2, 0.25) is 5.02 Å². The number of aromatic nitrogens is 2. The molecular weight excluding hydrogens is 540 g/mol. The fraction of sp³-hybridized carbons (Fsp3) is 0.267. The topological polar surface area (TPSA) is 76.8 Å². The molecular formula is C30H26ClF2N3O4. The van der Waals surface area contributed by atoms with Crippen LogP contribution in [0.3, 0.4) is 0 Å². The first-order chi connectivity index (χ1) is 19.3. The van der Waals surface area contributed by atoms with Gasteiger partial charge >= 0.3 is 5.97 Å². The smallest absolute Gasteiger partial charge is 0.335 e. The maximum atomic E-state index is 14.5. The molecule has 1 aromatic heterocycles. The molecule has 0 bridgehead atoms. The lowest BCUT2D eigenvalue weighted by Crippen LogP contribution is -2.32. The molecule has 0 aliphatic carbocycles. The van der Waals surface area contributed by atoms with Crippen LogP contribution in [-0.4, -0.2) is 51.3 Å². The second-order valence-corrected chi connectivity index (χ2v) is 10.5. The van der Waals surface area contributed by atoms with Gasteiger partial charge in [0.15, 0.2) is 11.6 Å². The highest BCUT2D eigenvalue weighted by molar-refractivity contribution is 6.30. The number of carboxylic acid groups (broad SMARTS) is 1. The van der Waals surface area contributed by atoms with Gasteiger partial charge in [-0.25, -0.2) is 18.6 Å². The zero-order valence-electron chi connectivity index (χ0n) is 21.4. The van der Waals surface area contributed by atoms with E-state index >= 15 is 0 Å². The monoisotopic (exact) mass is 565 g/mol. The molecule has 2 aliphatic heterocycles. The van der Waals surface area contributed by atoms with Crippen molar-refractivity contribution >= 4 is 34.2 Å². The van der Waals surface area contributed by atoms with Crippen LogP contribution in [0.5, 0.6) is 5.75 Å². The van der Waals surface area contributed by atoms with Crippen molar-refractivity contribution < 1.29 is 28.2 Å². The summed E-state index contributed by atoms with van der Waals surface area (Å²) >= 11 is 5.80. The van der Waals surface area contributed by atoms with Crippen molar-refractivity contribution in [3.8, 4) is 5.75 Å². The van der Waals surface area contributed by atoms with Crippen molar-refractivity contribution in [3.63, 3.8) is 0 Å². The number of rotatable bonds is 9. The highest BCUT2D eigenvalue weighted by Gasteiger charge is 2.25. The summed E-state index contributed by atoms with van der Waals surface area (Å²) in [4.78, 5) is 18.6. The molecule has 0 spiro atoms. The van der Waals surface area contributed by atoms with Crippen LogP contribution in [-0.2, 0) is 24.4 Å². The fourth-order valence-electron chi connectivity index (χ4n) is 5.07. The Morgan fingerprint density at radius 1 is 1.15 bits per heavy atom. The minimum atomic E-state index is -0.984. The van der Waals surface area contributed by atoms with Gasteiger partial charge in [-0.3, -0.25) is 4.90 Å². The summed E-state index contributed by atoms with van der Waals surface area (Å²) < 4.78 is 41.9. The van der Waals surface area contributed by atoms with Crippen molar-refractivity contribution in [3.05, 3.63) is 99.8 Å². The Morgan fingerprint density at radius 2 is 2.00 bits per heavy atom. The van der Waals surface area contributed by atoms with Crippen LogP contribution in [0.25, 0.3) is 16.6 Å². The summed E-state index contributed by atoms with van der Waals surface area (Å²) in [5, 5.41) is 9.75. The number of ether oxygens (including phenoxy) is 2. The van der Waals surface area contributed by atoms with E-state index in [1.807, 2.05) is 6.07 Å². The van der Waals surface area contributed by atoms with Crippen LogP contribution in [0, 0.1) is 11.6 Å². The van der Waals surface area contributed by atoms with Crippen LogP contribution in [0.1, 0.15) is 33.7 Å².